The van der Waals surface area contributed by atoms with Crippen LogP contribution in [0.15, 0.2) is 47.8 Å². The van der Waals surface area contributed by atoms with Crippen molar-refractivity contribution in [2.24, 2.45) is 17.8 Å². The standard InChI is InChI=1S/C23H28N2OS/c26-21(15-24-23-12-16-9-17(13-23)11-18(10-16)14-23)25-22(20-7-4-8-27-20)19-5-2-1-3-6-19/h1-8,16-18,22,24H,9-15H2,(H,25,26)/t16?,17?,18?,22-,23?/m1/s1. The van der Waals surface area contributed by atoms with Crippen LogP contribution in [0.2, 0.25) is 0 Å². The number of hydrogen-bond acceptors (Lipinski definition) is 3. The second kappa shape index (κ2) is 7.06. The Labute approximate surface area is 165 Å². The molecule has 2 N–H and O–H groups in total. The van der Waals surface area contributed by atoms with E-state index in [-0.39, 0.29) is 17.5 Å². The summed E-state index contributed by atoms with van der Waals surface area (Å²) in [6.07, 6.45) is 8.13. The van der Waals surface area contributed by atoms with Crippen LogP contribution >= 0.6 is 11.3 Å². The van der Waals surface area contributed by atoms with E-state index in [0.717, 1.165) is 23.3 Å². The molecule has 1 amide bonds. The molecule has 1 heterocycles. The van der Waals surface area contributed by atoms with Crippen LogP contribution in [0, 0.1) is 17.8 Å². The van der Waals surface area contributed by atoms with Gasteiger partial charge < -0.3 is 10.6 Å². The largest absolute Gasteiger partial charge is 0.343 e. The van der Waals surface area contributed by atoms with E-state index in [1.807, 2.05) is 18.2 Å². The lowest BCUT2D eigenvalue weighted by Crippen LogP contribution is -2.59. The van der Waals surface area contributed by atoms with Crippen molar-refractivity contribution in [3.05, 3.63) is 58.3 Å². The Hall–Kier alpha value is -1.65. The fraction of sp³-hybridized carbons (Fsp3) is 0.522. The molecule has 0 aliphatic heterocycles. The van der Waals surface area contributed by atoms with Crippen LogP contribution in [0.1, 0.15) is 55.0 Å². The molecular weight excluding hydrogens is 352 g/mol. The summed E-state index contributed by atoms with van der Waals surface area (Å²) in [7, 11) is 0. The van der Waals surface area contributed by atoms with E-state index in [1.165, 1.54) is 43.4 Å². The second-order valence-corrected chi connectivity index (χ2v) is 9.96. The predicted molar refractivity (Wildman–Crippen MR) is 110 cm³/mol. The highest BCUT2D eigenvalue weighted by atomic mass is 32.1. The Morgan fingerprint density at radius 1 is 1.00 bits per heavy atom. The zero-order valence-corrected chi connectivity index (χ0v) is 16.5. The molecule has 2 aromatic rings. The fourth-order valence-corrected chi connectivity index (χ4v) is 7.03. The van der Waals surface area contributed by atoms with Crippen molar-refractivity contribution in [2.75, 3.05) is 6.54 Å². The van der Waals surface area contributed by atoms with E-state index >= 15 is 0 Å². The molecule has 0 unspecified atom stereocenters. The van der Waals surface area contributed by atoms with Crippen LogP contribution in [0.3, 0.4) is 0 Å². The fourth-order valence-electron chi connectivity index (χ4n) is 6.23. The van der Waals surface area contributed by atoms with Crippen molar-refractivity contribution in [1.82, 2.24) is 10.6 Å². The van der Waals surface area contributed by atoms with E-state index in [9.17, 15) is 4.79 Å². The molecule has 4 saturated carbocycles. The summed E-state index contributed by atoms with van der Waals surface area (Å²) in [5, 5.41) is 9.07. The zero-order chi connectivity index (χ0) is 18.3. The van der Waals surface area contributed by atoms with Crippen molar-refractivity contribution < 1.29 is 4.79 Å². The van der Waals surface area contributed by atoms with Crippen LogP contribution < -0.4 is 10.6 Å². The number of nitrogens with one attached hydrogen (secondary N) is 2. The third-order valence-electron chi connectivity index (χ3n) is 6.93. The molecule has 0 spiro atoms. The number of rotatable bonds is 6. The lowest BCUT2D eigenvalue weighted by Gasteiger charge is -2.57. The van der Waals surface area contributed by atoms with Gasteiger partial charge in [0.25, 0.3) is 0 Å². The highest BCUT2D eigenvalue weighted by Gasteiger charge is 2.50. The minimum Gasteiger partial charge on any atom is -0.343 e. The van der Waals surface area contributed by atoms with E-state index < -0.39 is 0 Å². The molecule has 6 rings (SSSR count). The topological polar surface area (TPSA) is 41.1 Å². The van der Waals surface area contributed by atoms with E-state index in [0.29, 0.717) is 6.54 Å². The third-order valence-corrected chi connectivity index (χ3v) is 7.87. The second-order valence-electron chi connectivity index (χ2n) is 8.98. The van der Waals surface area contributed by atoms with Crippen molar-refractivity contribution >= 4 is 17.2 Å². The molecule has 3 nitrogen and oxygen atoms in total. The Balaban J connectivity index is 1.26. The van der Waals surface area contributed by atoms with Crippen molar-refractivity contribution in [3.8, 4) is 0 Å². The first kappa shape index (κ1) is 17.4. The average molecular weight is 381 g/mol. The van der Waals surface area contributed by atoms with Gasteiger partial charge >= 0.3 is 0 Å². The van der Waals surface area contributed by atoms with Gasteiger partial charge in [0.15, 0.2) is 0 Å². The van der Waals surface area contributed by atoms with E-state index in [4.69, 9.17) is 0 Å². The van der Waals surface area contributed by atoms with Gasteiger partial charge in [0.1, 0.15) is 0 Å². The van der Waals surface area contributed by atoms with Gasteiger partial charge in [-0.25, -0.2) is 0 Å². The van der Waals surface area contributed by atoms with Gasteiger partial charge in [0.2, 0.25) is 5.91 Å². The molecule has 4 aliphatic rings. The molecule has 4 heteroatoms. The number of hydrogen-bond donors (Lipinski definition) is 2. The smallest absolute Gasteiger partial charge is 0.234 e. The van der Waals surface area contributed by atoms with Gasteiger partial charge in [-0.05, 0) is 73.3 Å². The summed E-state index contributed by atoms with van der Waals surface area (Å²) in [6.45, 7) is 0.431. The number of carbonyl (C=O) groups excluding carboxylic acids is 1. The molecule has 0 radical (unpaired) electrons. The molecule has 4 bridgehead atoms. The first-order chi connectivity index (χ1) is 13.2. The molecular formula is C23H28N2OS. The summed E-state index contributed by atoms with van der Waals surface area (Å²) in [6, 6.07) is 14.4. The zero-order valence-electron chi connectivity index (χ0n) is 15.7. The lowest BCUT2D eigenvalue weighted by atomic mass is 9.53. The highest BCUT2D eigenvalue weighted by Crippen LogP contribution is 2.55. The average Bonchev–Trinajstić information content (AvgIpc) is 3.19. The molecule has 142 valence electrons. The molecule has 27 heavy (non-hydrogen) atoms. The molecule has 4 aliphatic carbocycles. The minimum absolute atomic E-state index is 0.0585. The third kappa shape index (κ3) is 3.57. The van der Waals surface area contributed by atoms with E-state index in [2.05, 4.69) is 40.3 Å². The Bertz CT molecular complexity index is 751. The van der Waals surface area contributed by atoms with Gasteiger partial charge in [0, 0.05) is 10.4 Å². The van der Waals surface area contributed by atoms with Crippen molar-refractivity contribution in [3.63, 3.8) is 0 Å². The normalized spacial score (nSPS) is 32.4. The Kier molecular flexibility index (Phi) is 4.57. The molecule has 0 saturated heterocycles. The van der Waals surface area contributed by atoms with Crippen LogP contribution in [0.25, 0.3) is 0 Å². The summed E-state index contributed by atoms with van der Waals surface area (Å²) < 4.78 is 0. The number of benzene rings is 1. The quantitative estimate of drug-likeness (QED) is 0.774. The molecule has 1 aromatic heterocycles. The molecule has 1 aromatic carbocycles. The van der Waals surface area contributed by atoms with Crippen LogP contribution in [-0.4, -0.2) is 18.0 Å². The Morgan fingerprint density at radius 2 is 1.67 bits per heavy atom. The monoisotopic (exact) mass is 380 g/mol. The van der Waals surface area contributed by atoms with Crippen LogP contribution in [0.5, 0.6) is 0 Å². The van der Waals surface area contributed by atoms with Crippen molar-refractivity contribution in [1.29, 1.82) is 0 Å². The van der Waals surface area contributed by atoms with Gasteiger partial charge in [-0.15, -0.1) is 11.3 Å². The predicted octanol–water partition coefficient (Wildman–Crippen LogP) is 4.51. The Morgan fingerprint density at radius 3 is 2.26 bits per heavy atom. The summed E-state index contributed by atoms with van der Waals surface area (Å²) in [4.78, 5) is 14.0. The first-order valence-electron chi connectivity index (χ1n) is 10.3. The molecule has 1 atom stereocenters. The molecule has 4 fully saturated rings. The highest BCUT2D eigenvalue weighted by molar-refractivity contribution is 7.10. The maximum Gasteiger partial charge on any atom is 0.234 e. The van der Waals surface area contributed by atoms with Crippen LogP contribution in [-0.2, 0) is 4.79 Å². The summed E-state index contributed by atoms with van der Waals surface area (Å²) in [5.41, 5.74) is 1.38. The number of thiophene rings is 1. The SMILES string of the molecule is O=C(CNC12CC3CC(CC(C3)C1)C2)N[C@H](c1ccccc1)c1cccs1. The first-order valence-corrected chi connectivity index (χ1v) is 11.2. The number of carbonyl (C=O) groups is 1. The van der Waals surface area contributed by atoms with Gasteiger partial charge in [0.05, 0.1) is 12.6 Å². The lowest BCUT2D eigenvalue weighted by molar-refractivity contribution is -0.122. The van der Waals surface area contributed by atoms with Crippen LogP contribution in [0.4, 0.5) is 0 Å². The van der Waals surface area contributed by atoms with Gasteiger partial charge in [-0.3, -0.25) is 4.79 Å². The summed E-state index contributed by atoms with van der Waals surface area (Å²) in [5.74, 6) is 2.80. The maximum absolute atomic E-state index is 12.8. The van der Waals surface area contributed by atoms with Gasteiger partial charge in [-0.2, -0.15) is 0 Å². The van der Waals surface area contributed by atoms with E-state index in [1.54, 1.807) is 11.3 Å². The minimum atomic E-state index is -0.0585. The van der Waals surface area contributed by atoms with Crippen molar-refractivity contribution in [2.45, 2.75) is 50.1 Å². The number of amides is 1. The van der Waals surface area contributed by atoms with Gasteiger partial charge in [-0.1, -0.05) is 36.4 Å². The maximum atomic E-state index is 12.8. The summed E-state index contributed by atoms with van der Waals surface area (Å²) >= 11 is 1.70.